The van der Waals surface area contributed by atoms with Crippen LogP contribution in [0, 0.1) is 26.6 Å². The molecule has 0 aliphatic carbocycles. The number of benzene rings is 2. The molecule has 0 radical (unpaired) electrons. The van der Waals surface area contributed by atoms with Gasteiger partial charge in [-0.05, 0) is 66.8 Å². The molecule has 2 aromatic rings. The smallest absolute Gasteiger partial charge is 0.335 e. The van der Waals surface area contributed by atoms with Gasteiger partial charge in [-0.1, -0.05) is 12.1 Å². The first-order valence-corrected chi connectivity index (χ1v) is 6.00. The lowest BCUT2D eigenvalue weighted by Gasteiger charge is -2.11. The average Bonchev–Trinajstić information content (AvgIpc) is 2.26. The first-order valence-electron chi connectivity index (χ1n) is 6.00. The number of carboxylic acid groups (broad SMARTS) is 1. The van der Waals surface area contributed by atoms with Gasteiger partial charge in [-0.2, -0.15) is 0 Å². The average molecular weight is 258 g/mol. The molecule has 0 atom stereocenters. The van der Waals surface area contributed by atoms with E-state index in [1.54, 1.807) is 13.0 Å². The van der Waals surface area contributed by atoms with Crippen LogP contribution >= 0.6 is 0 Å². The van der Waals surface area contributed by atoms with Crippen molar-refractivity contribution in [2.45, 2.75) is 20.8 Å². The summed E-state index contributed by atoms with van der Waals surface area (Å²) >= 11 is 0. The molecule has 19 heavy (non-hydrogen) atoms. The number of aryl methyl sites for hydroxylation is 3. The van der Waals surface area contributed by atoms with E-state index in [-0.39, 0.29) is 11.4 Å². The van der Waals surface area contributed by atoms with Gasteiger partial charge < -0.3 is 5.11 Å². The van der Waals surface area contributed by atoms with Crippen molar-refractivity contribution in [2.75, 3.05) is 0 Å². The van der Waals surface area contributed by atoms with Crippen molar-refractivity contribution in [1.82, 2.24) is 0 Å². The largest absolute Gasteiger partial charge is 0.478 e. The number of carbonyl (C=O) groups is 1. The summed E-state index contributed by atoms with van der Waals surface area (Å²) in [6.45, 7) is 5.47. The topological polar surface area (TPSA) is 37.3 Å². The quantitative estimate of drug-likeness (QED) is 0.879. The van der Waals surface area contributed by atoms with Crippen molar-refractivity contribution in [3.05, 3.63) is 58.4 Å². The fourth-order valence-corrected chi connectivity index (χ4v) is 2.29. The van der Waals surface area contributed by atoms with Crippen LogP contribution in [0.3, 0.4) is 0 Å². The van der Waals surface area contributed by atoms with Crippen LogP contribution in [0.25, 0.3) is 11.1 Å². The lowest BCUT2D eigenvalue weighted by atomic mass is 9.94. The van der Waals surface area contributed by atoms with E-state index in [2.05, 4.69) is 0 Å². The van der Waals surface area contributed by atoms with Gasteiger partial charge in [0.1, 0.15) is 5.82 Å². The Balaban J connectivity index is 2.67. The third kappa shape index (κ3) is 2.65. The van der Waals surface area contributed by atoms with Crippen LogP contribution < -0.4 is 0 Å². The zero-order valence-electron chi connectivity index (χ0n) is 11.1. The lowest BCUT2D eigenvalue weighted by Crippen LogP contribution is -2.01. The Hall–Kier alpha value is -2.16. The molecule has 0 amide bonds. The second-order valence-electron chi connectivity index (χ2n) is 4.80. The Morgan fingerprint density at radius 3 is 2.26 bits per heavy atom. The molecule has 0 unspecified atom stereocenters. The maximum Gasteiger partial charge on any atom is 0.335 e. The van der Waals surface area contributed by atoms with Gasteiger partial charge in [0.2, 0.25) is 0 Å². The second kappa shape index (κ2) is 4.84. The molecule has 3 heteroatoms. The molecule has 0 fully saturated rings. The minimum atomic E-state index is -0.966. The zero-order valence-corrected chi connectivity index (χ0v) is 11.1. The monoisotopic (exact) mass is 258 g/mol. The maximum absolute atomic E-state index is 13.5. The number of carboxylic acids is 1. The highest BCUT2D eigenvalue weighted by atomic mass is 19.1. The van der Waals surface area contributed by atoms with Crippen molar-refractivity contribution in [3.8, 4) is 11.1 Å². The van der Waals surface area contributed by atoms with E-state index in [4.69, 9.17) is 5.11 Å². The Morgan fingerprint density at radius 2 is 1.68 bits per heavy atom. The molecule has 2 rings (SSSR count). The van der Waals surface area contributed by atoms with Crippen LogP contribution in [0.4, 0.5) is 4.39 Å². The van der Waals surface area contributed by atoms with Crippen LogP contribution in [-0.4, -0.2) is 11.1 Å². The summed E-state index contributed by atoms with van der Waals surface area (Å²) in [5.74, 6) is -1.28. The summed E-state index contributed by atoms with van der Waals surface area (Å²) in [4.78, 5) is 11.2. The number of aromatic carboxylic acids is 1. The van der Waals surface area contributed by atoms with Gasteiger partial charge in [0.05, 0.1) is 5.56 Å². The van der Waals surface area contributed by atoms with E-state index < -0.39 is 5.97 Å². The van der Waals surface area contributed by atoms with E-state index in [1.807, 2.05) is 26.0 Å². The minimum absolute atomic E-state index is 0.252. The van der Waals surface area contributed by atoms with Crippen LogP contribution in [0.1, 0.15) is 27.0 Å². The van der Waals surface area contributed by atoms with E-state index in [0.717, 1.165) is 16.7 Å². The summed E-state index contributed by atoms with van der Waals surface area (Å²) < 4.78 is 13.5. The van der Waals surface area contributed by atoms with Gasteiger partial charge in [0.15, 0.2) is 0 Å². The van der Waals surface area contributed by atoms with Crippen molar-refractivity contribution < 1.29 is 14.3 Å². The van der Waals surface area contributed by atoms with Crippen LogP contribution in [0.5, 0.6) is 0 Å². The molecular formula is C16H15FO2. The predicted molar refractivity (Wildman–Crippen MR) is 73.0 cm³/mol. The fraction of sp³-hybridized carbons (Fsp3) is 0.188. The Kier molecular flexibility index (Phi) is 3.38. The molecule has 1 N–H and O–H groups in total. The van der Waals surface area contributed by atoms with Gasteiger partial charge in [-0.15, -0.1) is 0 Å². The number of rotatable bonds is 2. The van der Waals surface area contributed by atoms with Gasteiger partial charge in [-0.25, -0.2) is 9.18 Å². The first kappa shape index (κ1) is 13.3. The highest BCUT2D eigenvalue weighted by molar-refractivity contribution is 5.91. The highest BCUT2D eigenvalue weighted by Crippen LogP contribution is 2.28. The molecular weight excluding hydrogens is 243 g/mol. The molecule has 0 aliphatic heterocycles. The Bertz CT molecular complexity index is 640. The van der Waals surface area contributed by atoms with Crippen molar-refractivity contribution >= 4 is 5.97 Å². The third-order valence-electron chi connectivity index (χ3n) is 3.15. The van der Waals surface area contributed by atoms with E-state index in [0.29, 0.717) is 11.1 Å². The van der Waals surface area contributed by atoms with Crippen LogP contribution in [0.2, 0.25) is 0 Å². The molecule has 0 bridgehead atoms. The van der Waals surface area contributed by atoms with Crippen LogP contribution in [0.15, 0.2) is 30.3 Å². The Labute approximate surface area is 111 Å². The summed E-state index contributed by atoms with van der Waals surface area (Å²) in [6.07, 6.45) is 0. The summed E-state index contributed by atoms with van der Waals surface area (Å²) in [7, 11) is 0. The van der Waals surface area contributed by atoms with Crippen molar-refractivity contribution in [2.24, 2.45) is 0 Å². The summed E-state index contributed by atoms with van der Waals surface area (Å²) in [5, 5.41) is 9.16. The van der Waals surface area contributed by atoms with E-state index in [1.165, 1.54) is 12.1 Å². The van der Waals surface area contributed by atoms with E-state index >= 15 is 0 Å². The standard InChI is InChI=1S/C16H15FO2/c1-9-4-12(7-13(17)5-9)14-8-15(16(18)19)11(3)6-10(14)2/h4-8H,1-3H3,(H,18,19). The minimum Gasteiger partial charge on any atom is -0.478 e. The first-order chi connectivity index (χ1) is 8.88. The molecule has 98 valence electrons. The van der Waals surface area contributed by atoms with Gasteiger partial charge in [0, 0.05) is 0 Å². The SMILES string of the molecule is Cc1cc(F)cc(-c2cc(C(=O)O)c(C)cc2C)c1. The second-order valence-corrected chi connectivity index (χ2v) is 4.80. The highest BCUT2D eigenvalue weighted by Gasteiger charge is 2.12. The fourth-order valence-electron chi connectivity index (χ4n) is 2.29. The summed E-state index contributed by atoms with van der Waals surface area (Å²) in [5.41, 5.74) is 4.17. The zero-order chi connectivity index (χ0) is 14.2. The van der Waals surface area contributed by atoms with Crippen molar-refractivity contribution in [1.29, 1.82) is 0 Å². The number of hydrogen-bond acceptors (Lipinski definition) is 1. The third-order valence-corrected chi connectivity index (χ3v) is 3.15. The molecule has 2 nitrogen and oxygen atoms in total. The molecule has 0 saturated carbocycles. The van der Waals surface area contributed by atoms with Crippen LogP contribution in [-0.2, 0) is 0 Å². The molecule has 0 heterocycles. The van der Waals surface area contributed by atoms with Gasteiger partial charge in [0.25, 0.3) is 0 Å². The van der Waals surface area contributed by atoms with E-state index in [9.17, 15) is 9.18 Å². The molecule has 0 aliphatic rings. The lowest BCUT2D eigenvalue weighted by molar-refractivity contribution is 0.0696. The normalized spacial score (nSPS) is 10.5. The Morgan fingerprint density at radius 1 is 1.00 bits per heavy atom. The van der Waals surface area contributed by atoms with Crippen molar-refractivity contribution in [3.63, 3.8) is 0 Å². The van der Waals surface area contributed by atoms with Gasteiger partial charge >= 0.3 is 5.97 Å². The summed E-state index contributed by atoms with van der Waals surface area (Å²) in [6, 6.07) is 8.16. The maximum atomic E-state index is 13.5. The number of halogens is 1. The predicted octanol–water partition coefficient (Wildman–Crippen LogP) is 4.12. The molecule has 0 aromatic heterocycles. The molecule has 0 saturated heterocycles. The molecule has 2 aromatic carbocycles. The number of hydrogen-bond donors (Lipinski definition) is 1. The molecule has 0 spiro atoms. The van der Waals surface area contributed by atoms with Gasteiger partial charge in [-0.3, -0.25) is 0 Å².